The van der Waals surface area contributed by atoms with Crippen LogP contribution in [0.15, 0.2) is 42.7 Å². The first-order valence-electron chi connectivity index (χ1n) is 5.46. The molecule has 0 amide bonds. The fraction of sp³-hybridized carbons (Fsp3) is 0.231. The number of nitrogens with zero attached hydrogens (tertiary/aromatic N) is 2. The Hall–Kier alpha value is -1.94. The van der Waals surface area contributed by atoms with Gasteiger partial charge in [-0.3, -0.25) is 0 Å². The predicted octanol–water partition coefficient (Wildman–Crippen LogP) is 2.24. The van der Waals surface area contributed by atoms with Crippen LogP contribution in [-0.2, 0) is 17.9 Å². The molecule has 1 N–H and O–H groups in total. The molecule has 0 atom stereocenters. The second-order valence-corrected chi connectivity index (χ2v) is 3.68. The molecule has 88 valence electrons. The maximum atomic E-state index is 5.06. The molecule has 0 bridgehead atoms. The molecule has 0 unspecified atom stereocenters. The molecule has 17 heavy (non-hydrogen) atoms. The van der Waals surface area contributed by atoms with Gasteiger partial charge in [0.1, 0.15) is 0 Å². The average molecular weight is 229 g/mol. The first-order chi connectivity index (χ1) is 8.38. The molecular formula is C13H15N3O. The highest BCUT2D eigenvalue weighted by molar-refractivity contribution is 5.28. The summed E-state index contributed by atoms with van der Waals surface area (Å²) in [4.78, 5) is 8.20. The van der Waals surface area contributed by atoms with Gasteiger partial charge in [-0.25, -0.2) is 9.97 Å². The van der Waals surface area contributed by atoms with E-state index in [-0.39, 0.29) is 0 Å². The molecular weight excluding hydrogens is 214 g/mol. The maximum absolute atomic E-state index is 5.06. The lowest BCUT2D eigenvalue weighted by Gasteiger charge is -2.05. The van der Waals surface area contributed by atoms with Crippen molar-refractivity contribution in [1.29, 1.82) is 0 Å². The van der Waals surface area contributed by atoms with Gasteiger partial charge >= 0.3 is 0 Å². The van der Waals surface area contributed by atoms with Gasteiger partial charge in [0, 0.05) is 26.0 Å². The SMILES string of the molecule is COCc1ccc(CNc2ncccn2)cc1. The number of anilines is 1. The van der Waals surface area contributed by atoms with Crippen LogP contribution >= 0.6 is 0 Å². The number of hydrogen-bond donors (Lipinski definition) is 1. The lowest BCUT2D eigenvalue weighted by atomic mass is 10.1. The molecule has 4 nitrogen and oxygen atoms in total. The Morgan fingerprint density at radius 3 is 2.35 bits per heavy atom. The van der Waals surface area contributed by atoms with Gasteiger partial charge in [-0.1, -0.05) is 24.3 Å². The molecule has 0 saturated carbocycles. The number of nitrogens with one attached hydrogen (secondary N) is 1. The quantitative estimate of drug-likeness (QED) is 0.854. The van der Waals surface area contributed by atoms with E-state index in [2.05, 4.69) is 39.6 Å². The van der Waals surface area contributed by atoms with Crippen LogP contribution in [0.4, 0.5) is 5.95 Å². The zero-order valence-corrected chi connectivity index (χ0v) is 9.76. The van der Waals surface area contributed by atoms with Crippen LogP contribution in [-0.4, -0.2) is 17.1 Å². The summed E-state index contributed by atoms with van der Waals surface area (Å²) in [6, 6.07) is 10.1. The number of hydrogen-bond acceptors (Lipinski definition) is 4. The molecule has 0 aliphatic rings. The summed E-state index contributed by atoms with van der Waals surface area (Å²) in [7, 11) is 1.70. The Morgan fingerprint density at radius 2 is 1.71 bits per heavy atom. The lowest BCUT2D eigenvalue weighted by molar-refractivity contribution is 0.185. The fourth-order valence-corrected chi connectivity index (χ4v) is 1.49. The van der Waals surface area contributed by atoms with Crippen molar-refractivity contribution in [1.82, 2.24) is 9.97 Å². The van der Waals surface area contributed by atoms with Gasteiger partial charge in [0.25, 0.3) is 0 Å². The minimum Gasteiger partial charge on any atom is -0.380 e. The molecule has 0 radical (unpaired) electrons. The van der Waals surface area contributed by atoms with Crippen LogP contribution in [0, 0.1) is 0 Å². The molecule has 0 aliphatic heterocycles. The smallest absolute Gasteiger partial charge is 0.222 e. The summed E-state index contributed by atoms with van der Waals surface area (Å²) in [5.74, 6) is 0.647. The highest BCUT2D eigenvalue weighted by Gasteiger charge is 1.96. The number of methoxy groups -OCH3 is 1. The Labute approximate surface area is 101 Å². The van der Waals surface area contributed by atoms with Crippen molar-refractivity contribution in [2.24, 2.45) is 0 Å². The summed E-state index contributed by atoms with van der Waals surface area (Å²) in [6.07, 6.45) is 3.44. The second-order valence-electron chi connectivity index (χ2n) is 3.68. The van der Waals surface area contributed by atoms with Crippen molar-refractivity contribution < 1.29 is 4.74 Å². The lowest BCUT2D eigenvalue weighted by Crippen LogP contribution is -2.02. The first kappa shape index (κ1) is 11.5. The molecule has 1 aromatic carbocycles. The van der Waals surface area contributed by atoms with Crippen molar-refractivity contribution in [2.75, 3.05) is 12.4 Å². The normalized spacial score (nSPS) is 10.2. The van der Waals surface area contributed by atoms with E-state index < -0.39 is 0 Å². The number of aromatic nitrogens is 2. The molecule has 0 aliphatic carbocycles. The van der Waals surface area contributed by atoms with E-state index in [9.17, 15) is 0 Å². The molecule has 0 spiro atoms. The van der Waals surface area contributed by atoms with Crippen molar-refractivity contribution in [2.45, 2.75) is 13.2 Å². The van der Waals surface area contributed by atoms with Crippen molar-refractivity contribution in [3.05, 3.63) is 53.9 Å². The summed E-state index contributed by atoms with van der Waals surface area (Å²) in [5.41, 5.74) is 2.37. The van der Waals surface area contributed by atoms with Gasteiger partial charge in [0.2, 0.25) is 5.95 Å². The van der Waals surface area contributed by atoms with E-state index in [0.717, 1.165) is 6.54 Å². The van der Waals surface area contributed by atoms with Crippen molar-refractivity contribution in [3.8, 4) is 0 Å². The largest absolute Gasteiger partial charge is 0.380 e. The van der Waals surface area contributed by atoms with Gasteiger partial charge in [0.15, 0.2) is 0 Å². The molecule has 2 aromatic rings. The number of rotatable bonds is 5. The molecule has 1 heterocycles. The van der Waals surface area contributed by atoms with Gasteiger partial charge in [-0.2, -0.15) is 0 Å². The third-order valence-electron chi connectivity index (χ3n) is 2.35. The molecule has 1 aromatic heterocycles. The van der Waals surface area contributed by atoms with Crippen LogP contribution in [0.25, 0.3) is 0 Å². The standard InChI is InChI=1S/C13H15N3O/c1-17-10-12-5-3-11(4-6-12)9-16-13-14-7-2-8-15-13/h2-8H,9-10H2,1H3,(H,14,15,16). The first-order valence-corrected chi connectivity index (χ1v) is 5.46. The Bertz CT molecular complexity index is 442. The van der Waals surface area contributed by atoms with Crippen LogP contribution in [0.1, 0.15) is 11.1 Å². The Kier molecular flexibility index (Phi) is 4.05. The monoisotopic (exact) mass is 229 g/mol. The number of benzene rings is 1. The molecule has 4 heteroatoms. The highest BCUT2D eigenvalue weighted by Crippen LogP contribution is 2.07. The van der Waals surface area contributed by atoms with E-state index in [0.29, 0.717) is 12.6 Å². The topological polar surface area (TPSA) is 47.0 Å². The van der Waals surface area contributed by atoms with Crippen LogP contribution < -0.4 is 5.32 Å². The second kappa shape index (κ2) is 5.96. The summed E-state index contributed by atoms with van der Waals surface area (Å²) < 4.78 is 5.06. The third-order valence-corrected chi connectivity index (χ3v) is 2.35. The minimum absolute atomic E-state index is 0.647. The van der Waals surface area contributed by atoms with Gasteiger partial charge in [0.05, 0.1) is 6.61 Å². The third kappa shape index (κ3) is 3.53. The van der Waals surface area contributed by atoms with E-state index in [1.54, 1.807) is 25.6 Å². The van der Waals surface area contributed by atoms with Crippen molar-refractivity contribution in [3.63, 3.8) is 0 Å². The van der Waals surface area contributed by atoms with E-state index in [1.165, 1.54) is 11.1 Å². The zero-order chi connectivity index (χ0) is 11.9. The minimum atomic E-state index is 0.647. The highest BCUT2D eigenvalue weighted by atomic mass is 16.5. The van der Waals surface area contributed by atoms with Crippen LogP contribution in [0.2, 0.25) is 0 Å². The van der Waals surface area contributed by atoms with E-state index in [1.807, 2.05) is 0 Å². The Balaban J connectivity index is 1.91. The van der Waals surface area contributed by atoms with Crippen molar-refractivity contribution >= 4 is 5.95 Å². The van der Waals surface area contributed by atoms with Crippen LogP contribution in [0.3, 0.4) is 0 Å². The van der Waals surface area contributed by atoms with Gasteiger partial charge < -0.3 is 10.1 Å². The molecule has 0 fully saturated rings. The van der Waals surface area contributed by atoms with E-state index in [4.69, 9.17) is 4.74 Å². The maximum Gasteiger partial charge on any atom is 0.222 e. The fourth-order valence-electron chi connectivity index (χ4n) is 1.49. The average Bonchev–Trinajstić information content (AvgIpc) is 2.40. The van der Waals surface area contributed by atoms with Crippen LogP contribution in [0.5, 0.6) is 0 Å². The predicted molar refractivity (Wildman–Crippen MR) is 66.5 cm³/mol. The summed E-state index contributed by atoms with van der Waals surface area (Å²) in [6.45, 7) is 1.37. The Morgan fingerprint density at radius 1 is 1.06 bits per heavy atom. The number of ether oxygens (including phenoxy) is 1. The van der Waals surface area contributed by atoms with Gasteiger partial charge in [-0.05, 0) is 17.2 Å². The summed E-state index contributed by atoms with van der Waals surface area (Å²) >= 11 is 0. The molecule has 2 rings (SSSR count). The zero-order valence-electron chi connectivity index (χ0n) is 9.76. The molecule has 0 saturated heterocycles. The van der Waals surface area contributed by atoms with E-state index >= 15 is 0 Å². The summed E-state index contributed by atoms with van der Waals surface area (Å²) in [5, 5.41) is 3.16. The van der Waals surface area contributed by atoms with Gasteiger partial charge in [-0.15, -0.1) is 0 Å².